The fraction of sp³-hybridized carbons (Fsp3) is 0.348. The van der Waals surface area contributed by atoms with Crippen LogP contribution in [0.5, 0.6) is 5.75 Å². The molecular formula is C23H29N5O4. The molecule has 1 fully saturated rings. The highest BCUT2D eigenvalue weighted by Crippen LogP contribution is 2.40. The molecule has 1 aromatic carbocycles. The molecule has 9 nitrogen and oxygen atoms in total. The normalized spacial score (nSPS) is 14.7. The molecule has 0 atom stereocenters. The fourth-order valence-electron chi connectivity index (χ4n) is 3.76. The number of anilines is 1. The highest BCUT2D eigenvalue weighted by atomic mass is 16.6. The molecule has 0 N–H and O–H groups in total. The Morgan fingerprint density at radius 3 is 2.50 bits per heavy atom. The molecule has 32 heavy (non-hydrogen) atoms. The summed E-state index contributed by atoms with van der Waals surface area (Å²) in [6.45, 7) is 8.90. The topological polar surface area (TPSA) is 85.9 Å². The number of rotatable bonds is 8. The third kappa shape index (κ3) is 4.93. The van der Waals surface area contributed by atoms with Gasteiger partial charge >= 0.3 is 5.69 Å². The summed E-state index contributed by atoms with van der Waals surface area (Å²) in [4.78, 5) is 15.7. The average Bonchev–Trinajstić information content (AvgIpc) is 3.23. The van der Waals surface area contributed by atoms with Crippen LogP contribution in [-0.2, 0) is 11.8 Å². The number of nitrogens with zero attached hydrogens (tertiary/aromatic N) is 5. The molecule has 1 saturated heterocycles. The van der Waals surface area contributed by atoms with Crippen LogP contribution >= 0.6 is 0 Å². The molecule has 3 rings (SSSR count). The largest absolute Gasteiger partial charge is 0.497 e. The number of benzene rings is 1. The Morgan fingerprint density at radius 1 is 1.25 bits per heavy atom. The Hall–Kier alpha value is -3.75. The number of hydrogen-bond acceptors (Lipinski definition) is 7. The summed E-state index contributed by atoms with van der Waals surface area (Å²) in [6.07, 6.45) is 9.52. The second-order valence-electron chi connectivity index (χ2n) is 7.41. The maximum absolute atomic E-state index is 11.6. The molecule has 0 spiro atoms. The van der Waals surface area contributed by atoms with Gasteiger partial charge in [-0.1, -0.05) is 12.7 Å². The van der Waals surface area contributed by atoms with Crippen LogP contribution < -0.4 is 9.64 Å². The predicted molar refractivity (Wildman–Crippen MR) is 125 cm³/mol. The van der Waals surface area contributed by atoms with Gasteiger partial charge in [-0.2, -0.15) is 5.10 Å². The molecule has 9 heteroatoms. The van der Waals surface area contributed by atoms with E-state index in [4.69, 9.17) is 9.47 Å². The zero-order chi connectivity index (χ0) is 23.3. The van der Waals surface area contributed by atoms with Crippen molar-refractivity contribution < 1.29 is 14.4 Å². The van der Waals surface area contributed by atoms with Gasteiger partial charge in [0.2, 0.25) is 0 Å². The number of nitro benzene ring substituents is 1. The van der Waals surface area contributed by atoms with Crippen molar-refractivity contribution >= 4 is 11.4 Å². The van der Waals surface area contributed by atoms with Crippen LogP contribution in [0.4, 0.5) is 11.4 Å². The van der Waals surface area contributed by atoms with E-state index in [1.807, 2.05) is 38.4 Å². The molecular weight excluding hydrogens is 410 g/mol. The Morgan fingerprint density at radius 2 is 1.97 bits per heavy atom. The van der Waals surface area contributed by atoms with Gasteiger partial charge in [-0.15, -0.1) is 0 Å². The summed E-state index contributed by atoms with van der Waals surface area (Å²) in [5.41, 5.74) is 3.44. The number of allylic oxidation sites excluding steroid dienone is 3. The van der Waals surface area contributed by atoms with Gasteiger partial charge in [0, 0.05) is 80.1 Å². The lowest BCUT2D eigenvalue weighted by molar-refractivity contribution is -0.385. The predicted octanol–water partition coefficient (Wildman–Crippen LogP) is 3.75. The lowest BCUT2D eigenvalue weighted by atomic mass is 10.0. The highest BCUT2D eigenvalue weighted by molar-refractivity contribution is 5.82. The minimum atomic E-state index is -0.419. The monoisotopic (exact) mass is 439 g/mol. The summed E-state index contributed by atoms with van der Waals surface area (Å²) >= 11 is 0. The molecule has 2 heterocycles. The summed E-state index contributed by atoms with van der Waals surface area (Å²) in [5.74, 6) is 0.838. The highest BCUT2D eigenvalue weighted by Gasteiger charge is 2.26. The van der Waals surface area contributed by atoms with Crippen LogP contribution in [0.25, 0.3) is 11.1 Å². The van der Waals surface area contributed by atoms with Gasteiger partial charge in [0.05, 0.1) is 25.3 Å². The molecule has 2 aromatic rings. The van der Waals surface area contributed by atoms with Crippen molar-refractivity contribution in [3.8, 4) is 16.9 Å². The van der Waals surface area contributed by atoms with Gasteiger partial charge in [-0.05, 0) is 13.0 Å². The smallest absolute Gasteiger partial charge is 0.311 e. The van der Waals surface area contributed by atoms with Gasteiger partial charge in [-0.25, -0.2) is 0 Å². The van der Waals surface area contributed by atoms with Crippen molar-refractivity contribution in [2.24, 2.45) is 7.05 Å². The molecule has 1 aromatic heterocycles. The van der Waals surface area contributed by atoms with Crippen LogP contribution in [0.2, 0.25) is 0 Å². The standard InChI is InChI=1S/C23H29N5O4/c1-6-7-19(12-17(2)31-4)26-8-10-27(11-9-26)21-14-23(32-5)22(28(29)30)13-20(21)18-15-24-25(3)16-18/h6-7,12-16H,2,8-11H2,1,3-5H3/b7-6-,19-12+. The summed E-state index contributed by atoms with van der Waals surface area (Å²) in [7, 11) is 4.87. The summed E-state index contributed by atoms with van der Waals surface area (Å²) in [6, 6.07) is 3.33. The molecule has 0 radical (unpaired) electrons. The first-order valence-corrected chi connectivity index (χ1v) is 10.3. The number of hydrogen-bond donors (Lipinski definition) is 0. The van der Waals surface area contributed by atoms with E-state index >= 15 is 0 Å². The molecule has 0 amide bonds. The Balaban J connectivity index is 1.94. The zero-order valence-electron chi connectivity index (χ0n) is 18.9. The first-order valence-electron chi connectivity index (χ1n) is 10.3. The minimum Gasteiger partial charge on any atom is -0.497 e. The number of aryl methyl sites for hydroxylation is 1. The number of aromatic nitrogens is 2. The van der Waals surface area contributed by atoms with E-state index in [0.717, 1.165) is 48.7 Å². The van der Waals surface area contributed by atoms with E-state index in [0.29, 0.717) is 5.76 Å². The molecule has 0 aliphatic carbocycles. The maximum Gasteiger partial charge on any atom is 0.311 e. The van der Waals surface area contributed by atoms with Crippen LogP contribution in [0.3, 0.4) is 0 Å². The van der Waals surface area contributed by atoms with Crippen molar-refractivity contribution in [3.63, 3.8) is 0 Å². The van der Waals surface area contributed by atoms with E-state index in [1.54, 1.807) is 30.1 Å². The Bertz CT molecular complexity index is 1050. The number of methoxy groups -OCH3 is 2. The molecule has 1 aliphatic heterocycles. The van der Waals surface area contributed by atoms with Crippen LogP contribution in [0.15, 0.2) is 60.8 Å². The van der Waals surface area contributed by atoms with Crippen molar-refractivity contribution in [1.82, 2.24) is 14.7 Å². The van der Waals surface area contributed by atoms with Gasteiger partial charge in [-0.3, -0.25) is 14.8 Å². The molecule has 1 aliphatic rings. The zero-order valence-corrected chi connectivity index (χ0v) is 18.9. The van der Waals surface area contributed by atoms with Gasteiger partial charge < -0.3 is 19.3 Å². The SMILES string of the molecule is C=C(/C=C(\C=C/C)N1CCN(c2cc(OC)c([N+](=O)[O-])cc2-c2cnn(C)c2)CC1)OC. The summed E-state index contributed by atoms with van der Waals surface area (Å²) < 4.78 is 12.2. The quantitative estimate of drug-likeness (QED) is 0.268. The van der Waals surface area contributed by atoms with Crippen LogP contribution in [0.1, 0.15) is 6.92 Å². The van der Waals surface area contributed by atoms with E-state index in [9.17, 15) is 10.1 Å². The summed E-state index contributed by atoms with van der Waals surface area (Å²) in [5, 5.41) is 15.8. The second-order valence-corrected chi connectivity index (χ2v) is 7.41. The maximum atomic E-state index is 11.6. The Kier molecular flexibility index (Phi) is 7.19. The van der Waals surface area contributed by atoms with Crippen LogP contribution in [-0.4, -0.2) is 60.0 Å². The molecule has 170 valence electrons. The first-order chi connectivity index (χ1) is 15.4. The van der Waals surface area contributed by atoms with Gasteiger partial charge in [0.15, 0.2) is 5.75 Å². The second kappa shape index (κ2) is 10.0. The lowest BCUT2D eigenvalue weighted by Gasteiger charge is -2.38. The van der Waals surface area contributed by atoms with Crippen molar-refractivity contribution in [1.29, 1.82) is 0 Å². The molecule has 0 saturated carbocycles. The van der Waals surface area contributed by atoms with Gasteiger partial charge in [0.1, 0.15) is 5.76 Å². The van der Waals surface area contributed by atoms with E-state index < -0.39 is 4.92 Å². The van der Waals surface area contributed by atoms with E-state index in [-0.39, 0.29) is 11.4 Å². The first kappa shape index (κ1) is 22.9. The van der Waals surface area contributed by atoms with E-state index in [2.05, 4.69) is 21.5 Å². The third-order valence-electron chi connectivity index (χ3n) is 5.40. The number of ether oxygens (including phenoxy) is 2. The molecule has 0 bridgehead atoms. The van der Waals surface area contributed by atoms with Crippen molar-refractivity contribution in [2.45, 2.75) is 6.92 Å². The van der Waals surface area contributed by atoms with Crippen molar-refractivity contribution in [2.75, 3.05) is 45.3 Å². The van der Waals surface area contributed by atoms with Crippen LogP contribution in [0, 0.1) is 10.1 Å². The number of nitro groups is 1. The minimum absolute atomic E-state index is 0.0647. The third-order valence-corrected chi connectivity index (χ3v) is 5.40. The fourth-order valence-corrected chi connectivity index (χ4v) is 3.76. The number of piperazine rings is 1. The van der Waals surface area contributed by atoms with Gasteiger partial charge in [0.25, 0.3) is 0 Å². The average molecular weight is 440 g/mol. The van der Waals surface area contributed by atoms with Crippen molar-refractivity contribution in [3.05, 3.63) is 70.9 Å². The Labute approximate surface area is 188 Å². The lowest BCUT2D eigenvalue weighted by Crippen LogP contribution is -2.45. The molecule has 0 unspecified atom stereocenters. The van der Waals surface area contributed by atoms with E-state index in [1.165, 1.54) is 7.11 Å².